The Bertz CT molecular complexity index is 863. The van der Waals surface area contributed by atoms with Crippen molar-refractivity contribution in [1.29, 1.82) is 0 Å². The maximum atomic E-state index is 13.3. The van der Waals surface area contributed by atoms with Crippen LogP contribution in [0.4, 0.5) is 0 Å². The highest BCUT2D eigenvalue weighted by Gasteiger charge is 2.39. The Morgan fingerprint density at radius 2 is 1.79 bits per heavy atom. The van der Waals surface area contributed by atoms with Crippen LogP contribution in [0.2, 0.25) is 0 Å². The fourth-order valence-corrected chi connectivity index (χ4v) is 5.19. The van der Waals surface area contributed by atoms with Crippen molar-refractivity contribution in [3.05, 3.63) is 52.4 Å². The molecule has 0 spiro atoms. The number of ether oxygens (including phenoxy) is 1. The summed E-state index contributed by atoms with van der Waals surface area (Å²) in [5.41, 5.74) is 4.14. The molecule has 1 aliphatic heterocycles. The van der Waals surface area contributed by atoms with Crippen LogP contribution in [0.15, 0.2) is 51.7 Å². The number of ketones is 1. The molecule has 0 bridgehead atoms. The molecule has 1 heterocycles. The quantitative estimate of drug-likeness (QED) is 0.541. The summed E-state index contributed by atoms with van der Waals surface area (Å²) in [5, 5.41) is 3.37. The van der Waals surface area contributed by atoms with Gasteiger partial charge in [-0.3, -0.25) is 4.79 Å². The summed E-state index contributed by atoms with van der Waals surface area (Å²) in [6.45, 7) is 1.93. The Labute approximate surface area is 177 Å². The van der Waals surface area contributed by atoms with E-state index in [9.17, 15) is 9.59 Å². The van der Waals surface area contributed by atoms with Gasteiger partial charge < -0.3 is 10.1 Å². The monoisotopic (exact) mass is 411 g/mol. The van der Waals surface area contributed by atoms with Gasteiger partial charge in [0.25, 0.3) is 0 Å². The molecule has 1 aromatic carbocycles. The molecule has 1 unspecified atom stereocenters. The molecule has 4 rings (SSSR count). The molecule has 0 saturated heterocycles. The minimum Gasteiger partial charge on any atom is -0.459 e. The van der Waals surface area contributed by atoms with Crippen molar-refractivity contribution in [2.75, 3.05) is 6.26 Å². The lowest BCUT2D eigenvalue weighted by Crippen LogP contribution is -2.35. The fourth-order valence-electron chi connectivity index (χ4n) is 4.78. The van der Waals surface area contributed by atoms with E-state index < -0.39 is 0 Å². The third-order valence-corrected chi connectivity index (χ3v) is 7.01. The Morgan fingerprint density at radius 1 is 1.07 bits per heavy atom. The zero-order valence-corrected chi connectivity index (χ0v) is 18.1. The zero-order valence-electron chi connectivity index (χ0n) is 17.3. The van der Waals surface area contributed by atoms with E-state index in [2.05, 4.69) is 29.6 Å². The molecule has 1 atom stereocenters. The number of benzene rings is 1. The molecule has 29 heavy (non-hydrogen) atoms. The number of esters is 1. The van der Waals surface area contributed by atoms with E-state index in [0.717, 1.165) is 61.1 Å². The number of Topliss-reactive ketones (excluding diaryl/α,β-unsaturated/α-hetero) is 1. The van der Waals surface area contributed by atoms with Crippen LogP contribution in [0.3, 0.4) is 0 Å². The number of rotatable bonds is 4. The molecule has 2 aliphatic carbocycles. The first kappa shape index (κ1) is 20.3. The van der Waals surface area contributed by atoms with Gasteiger partial charge in [0.15, 0.2) is 5.78 Å². The number of carbonyl (C=O) groups is 2. The van der Waals surface area contributed by atoms with Crippen LogP contribution >= 0.6 is 11.8 Å². The Morgan fingerprint density at radius 3 is 2.48 bits per heavy atom. The zero-order chi connectivity index (χ0) is 20.4. The summed E-state index contributed by atoms with van der Waals surface area (Å²) in [7, 11) is 0. The van der Waals surface area contributed by atoms with Crippen LogP contribution in [0.1, 0.15) is 69.8 Å². The van der Waals surface area contributed by atoms with Crippen LogP contribution in [0.25, 0.3) is 0 Å². The predicted octanol–water partition coefficient (Wildman–Crippen LogP) is 5.25. The second kappa shape index (κ2) is 8.78. The fraction of sp³-hybridized carbons (Fsp3) is 0.500. The first-order chi connectivity index (χ1) is 14.1. The van der Waals surface area contributed by atoms with E-state index in [1.54, 1.807) is 11.8 Å². The van der Waals surface area contributed by atoms with Gasteiger partial charge in [-0.1, -0.05) is 18.6 Å². The molecule has 3 aliphatic rings. The molecule has 1 aromatic rings. The molecule has 1 fully saturated rings. The number of dihydropyridines is 1. The van der Waals surface area contributed by atoms with Gasteiger partial charge in [-0.05, 0) is 69.4 Å². The van der Waals surface area contributed by atoms with Crippen molar-refractivity contribution in [2.24, 2.45) is 0 Å². The second-order valence-electron chi connectivity index (χ2n) is 8.20. The standard InChI is InChI=1S/C24H29NO3S/c1-15-21(24(27)28-17-7-4-3-5-8-17)22(16-11-13-18(29-2)14-12-16)23-19(25-15)9-6-10-20(23)26/h11-14,17,22,25H,3-10H2,1-2H3. The van der Waals surface area contributed by atoms with Gasteiger partial charge in [0, 0.05) is 34.2 Å². The summed E-state index contributed by atoms with van der Waals surface area (Å²) in [4.78, 5) is 27.4. The van der Waals surface area contributed by atoms with Gasteiger partial charge in [0.05, 0.1) is 5.57 Å². The first-order valence-electron chi connectivity index (χ1n) is 10.7. The molecule has 0 radical (unpaired) electrons. The Hall–Kier alpha value is -2.01. The molecule has 1 saturated carbocycles. The van der Waals surface area contributed by atoms with Crippen LogP contribution in [0.5, 0.6) is 0 Å². The third-order valence-electron chi connectivity index (χ3n) is 6.27. The topological polar surface area (TPSA) is 55.4 Å². The molecule has 0 aromatic heterocycles. The smallest absolute Gasteiger partial charge is 0.337 e. The van der Waals surface area contributed by atoms with Crippen LogP contribution in [-0.2, 0) is 14.3 Å². The average molecular weight is 412 g/mol. The summed E-state index contributed by atoms with van der Waals surface area (Å²) in [5.74, 6) is -0.468. The normalized spacial score (nSPS) is 23.0. The van der Waals surface area contributed by atoms with Gasteiger partial charge in [0.2, 0.25) is 0 Å². The molecule has 4 nitrogen and oxygen atoms in total. The summed E-state index contributed by atoms with van der Waals surface area (Å²) in [6, 6.07) is 8.23. The predicted molar refractivity (Wildman–Crippen MR) is 116 cm³/mol. The van der Waals surface area contributed by atoms with Gasteiger partial charge in [-0.2, -0.15) is 0 Å². The lowest BCUT2D eigenvalue weighted by Gasteiger charge is -2.35. The summed E-state index contributed by atoms with van der Waals surface area (Å²) < 4.78 is 5.94. The van der Waals surface area contributed by atoms with Crippen molar-refractivity contribution >= 4 is 23.5 Å². The average Bonchev–Trinajstić information content (AvgIpc) is 2.73. The second-order valence-corrected chi connectivity index (χ2v) is 9.08. The maximum absolute atomic E-state index is 13.3. The Balaban J connectivity index is 1.72. The molecule has 0 amide bonds. The van der Waals surface area contributed by atoms with Crippen molar-refractivity contribution in [2.45, 2.75) is 75.2 Å². The highest BCUT2D eigenvalue weighted by molar-refractivity contribution is 7.98. The molecule has 154 valence electrons. The van der Waals surface area contributed by atoms with Gasteiger partial charge in [0.1, 0.15) is 6.10 Å². The number of thioether (sulfide) groups is 1. The van der Waals surface area contributed by atoms with E-state index in [4.69, 9.17) is 4.74 Å². The lowest BCUT2D eigenvalue weighted by atomic mass is 9.75. The van der Waals surface area contributed by atoms with Crippen LogP contribution in [0, 0.1) is 0 Å². The highest BCUT2D eigenvalue weighted by Crippen LogP contribution is 2.43. The van der Waals surface area contributed by atoms with Gasteiger partial charge in [-0.25, -0.2) is 4.79 Å². The first-order valence-corrected chi connectivity index (χ1v) is 11.9. The molecule has 5 heteroatoms. The van der Waals surface area contributed by atoms with E-state index in [-0.39, 0.29) is 23.8 Å². The number of carbonyl (C=O) groups excluding carboxylic acids is 2. The van der Waals surface area contributed by atoms with Gasteiger partial charge in [-0.15, -0.1) is 11.8 Å². The number of nitrogens with one attached hydrogen (secondary N) is 1. The van der Waals surface area contributed by atoms with E-state index in [0.29, 0.717) is 12.0 Å². The van der Waals surface area contributed by atoms with Gasteiger partial charge >= 0.3 is 5.97 Å². The lowest BCUT2D eigenvalue weighted by molar-refractivity contribution is -0.146. The van der Waals surface area contributed by atoms with E-state index in [1.807, 2.05) is 13.2 Å². The molecule has 1 N–H and O–H groups in total. The largest absolute Gasteiger partial charge is 0.459 e. The number of hydrogen-bond acceptors (Lipinski definition) is 5. The maximum Gasteiger partial charge on any atom is 0.337 e. The molecular formula is C24H29NO3S. The SMILES string of the molecule is CSc1ccc(C2C(C(=O)OC3CCCCC3)=C(C)NC3=C2C(=O)CCC3)cc1. The third kappa shape index (κ3) is 4.16. The van der Waals surface area contributed by atoms with Crippen molar-refractivity contribution in [3.8, 4) is 0 Å². The minimum absolute atomic E-state index is 0.00602. The summed E-state index contributed by atoms with van der Waals surface area (Å²) in [6.07, 6.45) is 9.60. The number of hydrogen-bond donors (Lipinski definition) is 1. The van der Waals surface area contributed by atoms with Crippen molar-refractivity contribution in [1.82, 2.24) is 5.32 Å². The van der Waals surface area contributed by atoms with Crippen LogP contribution in [-0.4, -0.2) is 24.1 Å². The van der Waals surface area contributed by atoms with E-state index >= 15 is 0 Å². The minimum atomic E-state index is -0.342. The Kier molecular flexibility index (Phi) is 6.14. The van der Waals surface area contributed by atoms with E-state index in [1.165, 1.54) is 11.3 Å². The van der Waals surface area contributed by atoms with Crippen molar-refractivity contribution in [3.63, 3.8) is 0 Å². The van der Waals surface area contributed by atoms with Crippen molar-refractivity contribution < 1.29 is 14.3 Å². The van der Waals surface area contributed by atoms with Crippen LogP contribution < -0.4 is 5.32 Å². The number of allylic oxidation sites excluding steroid dienone is 3. The highest BCUT2D eigenvalue weighted by atomic mass is 32.2. The molecular weight excluding hydrogens is 382 g/mol. The summed E-state index contributed by atoms with van der Waals surface area (Å²) >= 11 is 1.68.